The number of para-hydroxylation sites is 1. The zero-order chi connectivity index (χ0) is 32.0. The molecule has 0 saturated heterocycles. The van der Waals surface area contributed by atoms with Crippen molar-refractivity contribution >= 4 is 67.5 Å². The largest absolute Gasteiger partial charge is 0.456 e. The first-order chi connectivity index (χ1) is 22.5. The molecule has 0 aliphatic rings. The highest BCUT2D eigenvalue weighted by Crippen LogP contribution is 2.43. The summed E-state index contributed by atoms with van der Waals surface area (Å²) in [5.74, 6) is 0.715. The lowest BCUT2D eigenvalue weighted by Crippen LogP contribution is -2.16. The number of benzene rings is 5. The van der Waals surface area contributed by atoms with Crippen LogP contribution in [0.5, 0.6) is 0 Å². The molecule has 0 bridgehead atoms. The number of allylic oxidation sites excluding steroid dienone is 3. The van der Waals surface area contributed by atoms with E-state index in [1.165, 1.54) is 5.56 Å². The lowest BCUT2D eigenvalue weighted by Gasteiger charge is -2.30. The minimum atomic E-state index is 0.715. The van der Waals surface area contributed by atoms with Crippen LogP contribution in [0, 0.1) is 0 Å². The fourth-order valence-electron chi connectivity index (χ4n) is 5.82. The predicted molar refractivity (Wildman–Crippen MR) is 201 cm³/mol. The third-order valence-electron chi connectivity index (χ3n) is 7.91. The second-order valence-electron chi connectivity index (χ2n) is 10.8. The van der Waals surface area contributed by atoms with E-state index in [1.807, 2.05) is 25.1 Å². The van der Waals surface area contributed by atoms with Gasteiger partial charge in [0.25, 0.3) is 0 Å². The maximum atomic E-state index is 6.25. The van der Waals surface area contributed by atoms with Gasteiger partial charge in [0.15, 0.2) is 0 Å². The van der Waals surface area contributed by atoms with E-state index in [0.29, 0.717) is 5.76 Å². The van der Waals surface area contributed by atoms with E-state index in [9.17, 15) is 0 Å². The van der Waals surface area contributed by atoms with Crippen molar-refractivity contribution in [2.45, 2.75) is 13.8 Å². The third-order valence-corrected chi connectivity index (χ3v) is 8.37. The van der Waals surface area contributed by atoms with Gasteiger partial charge in [-0.1, -0.05) is 108 Å². The molecule has 0 fully saturated rings. The molecule has 0 atom stereocenters. The first kappa shape index (κ1) is 30.7. The van der Waals surface area contributed by atoms with Gasteiger partial charge in [0.2, 0.25) is 0 Å². The average molecular weight is 664 g/mol. The number of nitrogens with zero attached hydrogens (tertiary/aromatic N) is 2. The molecular formula is C42H35BrN2O. The van der Waals surface area contributed by atoms with E-state index >= 15 is 0 Å². The molecule has 0 N–H and O–H groups in total. The van der Waals surface area contributed by atoms with Crippen LogP contribution in [0.2, 0.25) is 0 Å². The Hall–Kier alpha value is -5.32. The van der Waals surface area contributed by atoms with Crippen molar-refractivity contribution in [3.8, 4) is 11.1 Å². The molecule has 226 valence electrons. The van der Waals surface area contributed by atoms with Gasteiger partial charge in [0.1, 0.15) is 11.3 Å². The summed E-state index contributed by atoms with van der Waals surface area (Å²) in [6.07, 6.45) is 9.89. The van der Waals surface area contributed by atoms with Crippen LogP contribution in [0.25, 0.3) is 34.2 Å². The maximum Gasteiger partial charge on any atom is 0.137 e. The smallest absolute Gasteiger partial charge is 0.137 e. The van der Waals surface area contributed by atoms with Crippen molar-refractivity contribution in [1.29, 1.82) is 0 Å². The molecule has 0 aliphatic heterocycles. The van der Waals surface area contributed by atoms with Crippen LogP contribution in [0.15, 0.2) is 167 Å². The molecule has 1 heterocycles. The number of anilines is 5. The Morgan fingerprint density at radius 1 is 0.652 bits per heavy atom. The summed E-state index contributed by atoms with van der Waals surface area (Å²) in [5, 5.41) is 1.00. The molecule has 0 unspecified atom stereocenters. The first-order valence-electron chi connectivity index (χ1n) is 15.3. The summed E-state index contributed by atoms with van der Waals surface area (Å²) in [4.78, 5) is 4.54. The normalized spacial score (nSPS) is 11.6. The van der Waals surface area contributed by atoms with Crippen LogP contribution in [0.4, 0.5) is 28.4 Å². The summed E-state index contributed by atoms with van der Waals surface area (Å²) in [6, 6.07) is 42.4. The Morgan fingerprint density at radius 2 is 1.30 bits per heavy atom. The number of fused-ring (bicyclic) bond motifs is 1. The standard InChI is InChI=1S/C42H35BrN2O/c1-5-15-33(6-2)44(34-18-13-10-14-19-34)37-26-32(43)27-38(28-37)45(35-22-20-31(21-23-35)30-16-11-9-12-17-30)36-24-25-40-39(7-3)41(8-4)46-42(40)29-36/h5-29H,3-4H2,1-2H3/b15-5-,33-6+. The van der Waals surface area contributed by atoms with E-state index in [-0.39, 0.29) is 0 Å². The Balaban J connectivity index is 1.55. The fraction of sp³-hybridized carbons (Fsp3) is 0.0476. The zero-order valence-corrected chi connectivity index (χ0v) is 27.6. The SMILES string of the molecule is C=Cc1oc2cc(N(c3ccc(-c4ccccc4)cc3)c3cc(Br)cc(N(C(/C=C\C)=C/C)c4ccccc4)c3)ccc2c1C=C. The highest BCUT2D eigenvalue weighted by Gasteiger charge is 2.20. The van der Waals surface area contributed by atoms with Crippen LogP contribution in [0.1, 0.15) is 25.2 Å². The molecule has 3 nitrogen and oxygen atoms in total. The van der Waals surface area contributed by atoms with Crippen molar-refractivity contribution in [1.82, 2.24) is 0 Å². The minimum absolute atomic E-state index is 0.715. The lowest BCUT2D eigenvalue weighted by atomic mass is 10.0. The molecule has 6 aromatic rings. The summed E-state index contributed by atoms with van der Waals surface area (Å²) in [5.41, 5.74) is 10.2. The average Bonchev–Trinajstić information content (AvgIpc) is 3.46. The molecular weight excluding hydrogens is 628 g/mol. The summed E-state index contributed by atoms with van der Waals surface area (Å²) < 4.78 is 7.21. The van der Waals surface area contributed by atoms with Crippen LogP contribution >= 0.6 is 15.9 Å². The highest BCUT2D eigenvalue weighted by molar-refractivity contribution is 9.10. The summed E-state index contributed by atoms with van der Waals surface area (Å²) in [6.45, 7) is 12.1. The third kappa shape index (κ3) is 6.13. The minimum Gasteiger partial charge on any atom is -0.456 e. The number of furan rings is 1. The maximum absolute atomic E-state index is 6.25. The second-order valence-corrected chi connectivity index (χ2v) is 11.7. The Kier molecular flexibility index (Phi) is 9.18. The van der Waals surface area contributed by atoms with Crippen LogP contribution in [-0.2, 0) is 0 Å². The highest BCUT2D eigenvalue weighted by atomic mass is 79.9. The van der Waals surface area contributed by atoms with Gasteiger partial charge in [0, 0.05) is 55.6 Å². The van der Waals surface area contributed by atoms with Crippen LogP contribution in [-0.4, -0.2) is 0 Å². The second kappa shape index (κ2) is 13.8. The number of hydrogen-bond donors (Lipinski definition) is 0. The van der Waals surface area contributed by atoms with Crippen molar-refractivity contribution < 1.29 is 4.42 Å². The van der Waals surface area contributed by atoms with Gasteiger partial charge < -0.3 is 14.2 Å². The van der Waals surface area contributed by atoms with E-state index in [2.05, 4.69) is 173 Å². The van der Waals surface area contributed by atoms with Crippen LogP contribution < -0.4 is 9.80 Å². The monoisotopic (exact) mass is 662 g/mol. The summed E-state index contributed by atoms with van der Waals surface area (Å²) >= 11 is 3.86. The van der Waals surface area contributed by atoms with Crippen molar-refractivity contribution in [3.63, 3.8) is 0 Å². The Labute approximate surface area is 279 Å². The van der Waals surface area contributed by atoms with Crippen molar-refractivity contribution in [3.05, 3.63) is 174 Å². The Morgan fingerprint density at radius 3 is 1.96 bits per heavy atom. The van der Waals surface area contributed by atoms with Gasteiger partial charge in [-0.3, -0.25) is 0 Å². The zero-order valence-electron chi connectivity index (χ0n) is 26.0. The van der Waals surface area contributed by atoms with Crippen molar-refractivity contribution in [2.75, 3.05) is 9.80 Å². The molecule has 0 radical (unpaired) electrons. The van der Waals surface area contributed by atoms with E-state index < -0.39 is 0 Å². The quantitative estimate of drug-likeness (QED) is 0.136. The summed E-state index contributed by atoms with van der Waals surface area (Å²) in [7, 11) is 0. The van der Waals surface area contributed by atoms with Gasteiger partial charge in [0.05, 0.1) is 0 Å². The molecule has 0 aliphatic carbocycles. The van der Waals surface area contributed by atoms with Gasteiger partial charge in [-0.2, -0.15) is 0 Å². The molecule has 5 aromatic carbocycles. The van der Waals surface area contributed by atoms with Gasteiger partial charge in [-0.05, 0) is 91.7 Å². The topological polar surface area (TPSA) is 19.6 Å². The number of hydrogen-bond acceptors (Lipinski definition) is 3. The molecule has 1 aromatic heterocycles. The molecule has 0 spiro atoms. The Bertz CT molecular complexity index is 2050. The van der Waals surface area contributed by atoms with E-state index in [4.69, 9.17) is 4.42 Å². The predicted octanol–water partition coefficient (Wildman–Crippen LogP) is 13.2. The van der Waals surface area contributed by atoms with E-state index in [1.54, 1.807) is 6.08 Å². The van der Waals surface area contributed by atoms with Gasteiger partial charge in [-0.25, -0.2) is 0 Å². The molecule has 0 saturated carbocycles. The molecule has 46 heavy (non-hydrogen) atoms. The van der Waals surface area contributed by atoms with Crippen molar-refractivity contribution in [2.24, 2.45) is 0 Å². The molecule has 0 amide bonds. The van der Waals surface area contributed by atoms with Crippen LogP contribution in [0.3, 0.4) is 0 Å². The van der Waals surface area contributed by atoms with Gasteiger partial charge >= 0.3 is 0 Å². The molecule has 6 rings (SSSR count). The van der Waals surface area contributed by atoms with Gasteiger partial charge in [-0.15, -0.1) is 0 Å². The van der Waals surface area contributed by atoms with E-state index in [0.717, 1.165) is 60.7 Å². The fourth-order valence-corrected chi connectivity index (χ4v) is 6.29. The lowest BCUT2D eigenvalue weighted by molar-refractivity contribution is 0.603. The first-order valence-corrected chi connectivity index (χ1v) is 16.1. The number of rotatable bonds is 10. The molecule has 4 heteroatoms. The number of halogens is 1.